The van der Waals surface area contributed by atoms with Crippen LogP contribution in [-0.2, 0) is 9.59 Å². The van der Waals surface area contributed by atoms with Gasteiger partial charge in [0.05, 0.1) is 5.92 Å². The molecule has 2 atom stereocenters. The lowest BCUT2D eigenvalue weighted by atomic mass is 10.1. The van der Waals surface area contributed by atoms with E-state index in [4.69, 9.17) is 0 Å². The Morgan fingerprint density at radius 3 is 2.54 bits per heavy atom. The summed E-state index contributed by atoms with van der Waals surface area (Å²) in [6, 6.07) is 6.95. The van der Waals surface area contributed by atoms with Gasteiger partial charge in [-0.25, -0.2) is 0 Å². The fourth-order valence-corrected chi connectivity index (χ4v) is 2.87. The third kappa shape index (κ3) is 5.31. The molecule has 1 heterocycles. The Morgan fingerprint density at radius 2 is 1.92 bits per heavy atom. The number of amides is 3. The molecule has 3 amide bonds. The number of hydrogen-bond donors (Lipinski definition) is 2. The molecular weight excluding hydrogens is 330 g/mol. The third-order valence-corrected chi connectivity index (χ3v) is 4.77. The lowest BCUT2D eigenvalue weighted by molar-refractivity contribution is -0.128. The van der Waals surface area contributed by atoms with E-state index in [9.17, 15) is 14.4 Å². The van der Waals surface area contributed by atoms with Crippen molar-refractivity contribution in [3.8, 4) is 0 Å². The number of nitrogens with one attached hydrogen (secondary N) is 2. The maximum Gasteiger partial charge on any atom is 0.251 e. The third-order valence-electron chi connectivity index (χ3n) is 4.77. The second-order valence-electron chi connectivity index (χ2n) is 6.94. The first-order valence-electron chi connectivity index (χ1n) is 9.44. The average molecular weight is 359 g/mol. The second kappa shape index (κ2) is 9.36. The Labute approximate surface area is 155 Å². The number of hydrogen-bond acceptors (Lipinski definition) is 3. The monoisotopic (exact) mass is 359 g/mol. The minimum absolute atomic E-state index is 0.0515. The molecule has 6 heteroatoms. The average Bonchev–Trinajstić information content (AvgIpc) is 3.01. The van der Waals surface area contributed by atoms with Gasteiger partial charge in [0.25, 0.3) is 5.91 Å². The number of carbonyl (C=O) groups is 3. The number of unbranched alkanes of at least 4 members (excludes halogenated alkanes) is 1. The lowest BCUT2D eigenvalue weighted by Gasteiger charge is -2.16. The van der Waals surface area contributed by atoms with E-state index >= 15 is 0 Å². The Balaban J connectivity index is 1.89. The predicted octanol–water partition coefficient (Wildman–Crippen LogP) is 2.80. The van der Waals surface area contributed by atoms with Crippen molar-refractivity contribution in [3.63, 3.8) is 0 Å². The zero-order valence-electron chi connectivity index (χ0n) is 15.9. The highest BCUT2D eigenvalue weighted by molar-refractivity contribution is 5.98. The summed E-state index contributed by atoms with van der Waals surface area (Å²) < 4.78 is 0. The molecule has 1 aromatic rings. The van der Waals surface area contributed by atoms with Crippen molar-refractivity contribution in [2.45, 2.75) is 52.5 Å². The van der Waals surface area contributed by atoms with E-state index in [2.05, 4.69) is 17.6 Å². The molecule has 0 aromatic heterocycles. The van der Waals surface area contributed by atoms with Crippen LogP contribution in [0, 0.1) is 5.92 Å². The number of carbonyl (C=O) groups excluding carboxylic acids is 3. The zero-order chi connectivity index (χ0) is 19.1. The van der Waals surface area contributed by atoms with Crippen LogP contribution in [0.25, 0.3) is 0 Å². The maximum absolute atomic E-state index is 12.4. The fraction of sp³-hybridized carbons (Fsp3) is 0.550. The van der Waals surface area contributed by atoms with Crippen LogP contribution in [0.2, 0.25) is 0 Å². The highest BCUT2D eigenvalue weighted by Crippen LogP contribution is 2.20. The Hall–Kier alpha value is -2.37. The van der Waals surface area contributed by atoms with Crippen LogP contribution in [0.4, 0.5) is 5.69 Å². The van der Waals surface area contributed by atoms with E-state index in [0.717, 1.165) is 25.8 Å². The van der Waals surface area contributed by atoms with Crippen molar-refractivity contribution < 1.29 is 14.4 Å². The lowest BCUT2D eigenvalue weighted by Crippen LogP contribution is -2.31. The SMILES string of the molecule is CCCCN1CC(C(=O)Nc2ccc(C(=O)NC(C)CC)cc2)CC1=O. The van der Waals surface area contributed by atoms with Crippen molar-refractivity contribution >= 4 is 23.4 Å². The van der Waals surface area contributed by atoms with Gasteiger partial charge in [0.15, 0.2) is 0 Å². The molecule has 142 valence electrons. The van der Waals surface area contributed by atoms with Gasteiger partial charge < -0.3 is 15.5 Å². The molecule has 6 nitrogen and oxygen atoms in total. The van der Waals surface area contributed by atoms with Gasteiger partial charge >= 0.3 is 0 Å². The van der Waals surface area contributed by atoms with Gasteiger partial charge in [-0.05, 0) is 44.0 Å². The van der Waals surface area contributed by atoms with Crippen molar-refractivity contribution in [2.75, 3.05) is 18.4 Å². The van der Waals surface area contributed by atoms with E-state index in [1.807, 2.05) is 13.8 Å². The maximum atomic E-state index is 12.4. The Kier molecular flexibility index (Phi) is 7.18. The van der Waals surface area contributed by atoms with Gasteiger partial charge in [0.1, 0.15) is 0 Å². The Morgan fingerprint density at radius 1 is 1.23 bits per heavy atom. The van der Waals surface area contributed by atoms with Crippen LogP contribution >= 0.6 is 0 Å². The van der Waals surface area contributed by atoms with Crippen molar-refractivity contribution in [1.82, 2.24) is 10.2 Å². The van der Waals surface area contributed by atoms with E-state index < -0.39 is 0 Å². The van der Waals surface area contributed by atoms with E-state index in [1.165, 1.54) is 0 Å². The molecular formula is C20H29N3O3. The fourth-order valence-electron chi connectivity index (χ4n) is 2.87. The summed E-state index contributed by atoms with van der Waals surface area (Å²) in [6.45, 7) is 7.26. The molecule has 0 saturated carbocycles. The van der Waals surface area contributed by atoms with E-state index in [0.29, 0.717) is 17.8 Å². The minimum atomic E-state index is -0.312. The smallest absolute Gasteiger partial charge is 0.251 e. The normalized spacial score (nSPS) is 17.9. The van der Waals surface area contributed by atoms with Crippen LogP contribution in [0.15, 0.2) is 24.3 Å². The van der Waals surface area contributed by atoms with Gasteiger partial charge in [-0.15, -0.1) is 0 Å². The molecule has 1 aliphatic heterocycles. The van der Waals surface area contributed by atoms with Crippen LogP contribution in [-0.4, -0.2) is 41.8 Å². The molecule has 26 heavy (non-hydrogen) atoms. The van der Waals surface area contributed by atoms with Crippen LogP contribution in [0.1, 0.15) is 56.8 Å². The summed E-state index contributed by atoms with van der Waals surface area (Å²) in [6.07, 6.45) is 3.12. The molecule has 0 aliphatic carbocycles. The highest BCUT2D eigenvalue weighted by Gasteiger charge is 2.33. The summed E-state index contributed by atoms with van der Waals surface area (Å²) in [5.74, 6) is -0.525. The molecule has 0 bridgehead atoms. The van der Waals surface area contributed by atoms with E-state index in [1.54, 1.807) is 29.2 Å². The quantitative estimate of drug-likeness (QED) is 0.749. The summed E-state index contributed by atoms with van der Waals surface area (Å²) in [5, 5.41) is 5.76. The van der Waals surface area contributed by atoms with Gasteiger partial charge in [0, 0.05) is 36.8 Å². The predicted molar refractivity (Wildman–Crippen MR) is 102 cm³/mol. The molecule has 1 aliphatic rings. The largest absolute Gasteiger partial charge is 0.350 e. The first-order chi connectivity index (χ1) is 12.4. The molecule has 2 rings (SSSR count). The molecule has 2 N–H and O–H groups in total. The highest BCUT2D eigenvalue weighted by atomic mass is 16.2. The van der Waals surface area contributed by atoms with Gasteiger partial charge in [-0.3, -0.25) is 14.4 Å². The first-order valence-corrected chi connectivity index (χ1v) is 9.44. The summed E-state index contributed by atoms with van der Waals surface area (Å²) in [5.41, 5.74) is 1.19. The van der Waals surface area contributed by atoms with E-state index in [-0.39, 0.29) is 36.1 Å². The van der Waals surface area contributed by atoms with Gasteiger partial charge in [-0.2, -0.15) is 0 Å². The standard InChI is InChI=1S/C20H29N3O3/c1-4-6-11-23-13-16(12-18(23)24)20(26)22-17-9-7-15(8-10-17)19(25)21-14(3)5-2/h7-10,14,16H,4-6,11-13H2,1-3H3,(H,21,25)(H,22,26). The number of rotatable bonds is 8. The number of nitrogens with zero attached hydrogens (tertiary/aromatic N) is 1. The summed E-state index contributed by atoms with van der Waals surface area (Å²) in [7, 11) is 0. The van der Waals surface area contributed by atoms with Crippen molar-refractivity contribution in [3.05, 3.63) is 29.8 Å². The second-order valence-corrected chi connectivity index (χ2v) is 6.94. The van der Waals surface area contributed by atoms with Crippen LogP contribution in [0.3, 0.4) is 0 Å². The number of anilines is 1. The molecule has 1 fully saturated rings. The minimum Gasteiger partial charge on any atom is -0.350 e. The summed E-state index contributed by atoms with van der Waals surface area (Å²) >= 11 is 0. The number of likely N-dealkylation sites (tertiary alicyclic amines) is 1. The topological polar surface area (TPSA) is 78.5 Å². The van der Waals surface area contributed by atoms with Crippen molar-refractivity contribution in [1.29, 1.82) is 0 Å². The molecule has 1 aromatic carbocycles. The Bertz CT molecular complexity index is 642. The number of benzene rings is 1. The molecule has 0 spiro atoms. The van der Waals surface area contributed by atoms with Gasteiger partial charge in [0.2, 0.25) is 11.8 Å². The molecule has 0 radical (unpaired) electrons. The van der Waals surface area contributed by atoms with Crippen molar-refractivity contribution in [2.24, 2.45) is 5.92 Å². The zero-order valence-corrected chi connectivity index (χ0v) is 15.9. The van der Waals surface area contributed by atoms with Crippen LogP contribution in [0.5, 0.6) is 0 Å². The first kappa shape index (κ1) is 19.9. The van der Waals surface area contributed by atoms with Crippen LogP contribution < -0.4 is 10.6 Å². The molecule has 2 unspecified atom stereocenters. The molecule has 1 saturated heterocycles. The van der Waals surface area contributed by atoms with Gasteiger partial charge in [-0.1, -0.05) is 20.3 Å². The summed E-state index contributed by atoms with van der Waals surface area (Å²) in [4.78, 5) is 38.2.